The standard InChI is InChI=1S/C16H15N3O6/c1-3-9-25-14-10(5-4-6-12(14)24-2)7-8-11-13(19(22)23)15(20)18-16(21)17-11/h3-8H,1,9H2,2H3,(H2,17,18,20,21)/b8-7+. The fourth-order valence-electron chi connectivity index (χ4n) is 2.09. The molecule has 0 aliphatic carbocycles. The molecule has 0 amide bonds. The Labute approximate surface area is 141 Å². The van der Waals surface area contributed by atoms with E-state index in [0.29, 0.717) is 17.1 Å². The predicted octanol–water partition coefficient (Wildman–Crippen LogP) is 1.72. The lowest BCUT2D eigenvalue weighted by Gasteiger charge is -2.11. The maximum absolute atomic E-state index is 11.6. The molecule has 2 aromatic rings. The highest BCUT2D eigenvalue weighted by Crippen LogP contribution is 2.32. The zero-order chi connectivity index (χ0) is 18.4. The van der Waals surface area contributed by atoms with Crippen LogP contribution < -0.4 is 20.7 Å². The van der Waals surface area contributed by atoms with Crippen LogP contribution in [-0.4, -0.2) is 28.6 Å². The SMILES string of the molecule is C=CCOc1c(/C=C/c2[nH]c(=O)[nH]c(=O)c2[N+](=O)[O-])cccc1OC. The Bertz CT molecular complexity index is 942. The van der Waals surface area contributed by atoms with Crippen LogP contribution in [0.2, 0.25) is 0 Å². The second-order valence-corrected chi connectivity index (χ2v) is 4.74. The summed E-state index contributed by atoms with van der Waals surface area (Å²) in [6.45, 7) is 3.79. The average molecular weight is 345 g/mol. The molecule has 0 aliphatic heterocycles. The molecule has 0 fully saturated rings. The largest absolute Gasteiger partial charge is 0.493 e. The number of ether oxygens (including phenoxy) is 2. The summed E-state index contributed by atoms with van der Waals surface area (Å²) in [4.78, 5) is 37.2. The van der Waals surface area contributed by atoms with Gasteiger partial charge < -0.3 is 14.5 Å². The molecule has 0 aliphatic rings. The molecule has 1 heterocycles. The van der Waals surface area contributed by atoms with Crippen molar-refractivity contribution >= 4 is 17.8 Å². The number of nitrogens with one attached hydrogen (secondary N) is 2. The topological polar surface area (TPSA) is 127 Å². The number of aromatic nitrogens is 2. The highest BCUT2D eigenvalue weighted by atomic mass is 16.6. The van der Waals surface area contributed by atoms with Crippen molar-refractivity contribution in [2.45, 2.75) is 0 Å². The van der Waals surface area contributed by atoms with Gasteiger partial charge in [-0.2, -0.15) is 0 Å². The van der Waals surface area contributed by atoms with E-state index in [0.717, 1.165) is 0 Å². The highest BCUT2D eigenvalue weighted by molar-refractivity contribution is 5.75. The molecule has 0 atom stereocenters. The number of benzene rings is 1. The molecule has 0 radical (unpaired) electrons. The van der Waals surface area contributed by atoms with Gasteiger partial charge in [0.05, 0.1) is 12.0 Å². The quantitative estimate of drug-likeness (QED) is 0.447. The van der Waals surface area contributed by atoms with Crippen LogP contribution in [0.3, 0.4) is 0 Å². The van der Waals surface area contributed by atoms with Gasteiger partial charge in [-0.15, -0.1) is 0 Å². The van der Waals surface area contributed by atoms with Crippen LogP contribution in [0.5, 0.6) is 11.5 Å². The lowest BCUT2D eigenvalue weighted by molar-refractivity contribution is -0.386. The van der Waals surface area contributed by atoms with E-state index in [1.165, 1.54) is 19.3 Å². The van der Waals surface area contributed by atoms with E-state index >= 15 is 0 Å². The lowest BCUT2D eigenvalue weighted by Crippen LogP contribution is -2.25. The summed E-state index contributed by atoms with van der Waals surface area (Å²) >= 11 is 0. The fraction of sp³-hybridized carbons (Fsp3) is 0.125. The molecule has 130 valence electrons. The molecule has 2 rings (SSSR count). The number of rotatable bonds is 7. The molecule has 0 saturated heterocycles. The second-order valence-electron chi connectivity index (χ2n) is 4.74. The van der Waals surface area contributed by atoms with E-state index in [4.69, 9.17) is 9.47 Å². The third-order valence-electron chi connectivity index (χ3n) is 3.13. The summed E-state index contributed by atoms with van der Waals surface area (Å²) in [5.41, 5.74) is -2.37. The van der Waals surface area contributed by atoms with Crippen LogP contribution in [0.15, 0.2) is 40.4 Å². The molecule has 2 N–H and O–H groups in total. The number of H-pyrrole nitrogens is 2. The summed E-state index contributed by atoms with van der Waals surface area (Å²) in [6, 6.07) is 5.08. The summed E-state index contributed by atoms with van der Waals surface area (Å²) in [7, 11) is 1.47. The van der Waals surface area contributed by atoms with Gasteiger partial charge in [0.1, 0.15) is 12.3 Å². The molecular weight excluding hydrogens is 330 g/mol. The number of aromatic amines is 2. The van der Waals surface area contributed by atoms with Gasteiger partial charge in [-0.25, -0.2) is 4.79 Å². The Kier molecular flexibility index (Phi) is 5.51. The Morgan fingerprint density at radius 1 is 1.28 bits per heavy atom. The Balaban J connectivity index is 2.53. The van der Waals surface area contributed by atoms with Gasteiger partial charge in [-0.3, -0.25) is 19.9 Å². The number of nitrogens with zero attached hydrogens (tertiary/aromatic N) is 1. The first-order valence-electron chi connectivity index (χ1n) is 7.07. The van der Waals surface area contributed by atoms with Gasteiger partial charge in [-0.1, -0.05) is 24.8 Å². The van der Waals surface area contributed by atoms with Gasteiger partial charge in [0, 0.05) is 5.56 Å². The number of nitro groups is 1. The molecule has 0 saturated carbocycles. The maximum Gasteiger partial charge on any atom is 0.357 e. The maximum atomic E-state index is 11.6. The van der Waals surface area contributed by atoms with Crippen molar-refractivity contribution in [3.63, 3.8) is 0 Å². The zero-order valence-corrected chi connectivity index (χ0v) is 13.3. The molecule has 0 spiro atoms. The molecule has 0 bridgehead atoms. The third-order valence-corrected chi connectivity index (χ3v) is 3.13. The first kappa shape index (κ1) is 17.7. The van der Waals surface area contributed by atoms with Crippen molar-refractivity contribution in [3.05, 3.63) is 73.1 Å². The highest BCUT2D eigenvalue weighted by Gasteiger charge is 2.19. The van der Waals surface area contributed by atoms with Crippen LogP contribution in [0.1, 0.15) is 11.3 Å². The number of hydrogen-bond donors (Lipinski definition) is 2. The number of hydrogen-bond acceptors (Lipinski definition) is 6. The van der Waals surface area contributed by atoms with Crippen molar-refractivity contribution in [3.8, 4) is 11.5 Å². The van der Waals surface area contributed by atoms with Crippen LogP contribution >= 0.6 is 0 Å². The summed E-state index contributed by atoms with van der Waals surface area (Å²) in [6.07, 6.45) is 4.28. The van der Waals surface area contributed by atoms with Gasteiger partial charge in [0.25, 0.3) is 0 Å². The number of methoxy groups -OCH3 is 1. The van der Waals surface area contributed by atoms with Crippen molar-refractivity contribution in [2.24, 2.45) is 0 Å². The van der Waals surface area contributed by atoms with Crippen LogP contribution in [-0.2, 0) is 0 Å². The molecule has 1 aromatic heterocycles. The third kappa shape index (κ3) is 4.02. The summed E-state index contributed by atoms with van der Waals surface area (Å²) < 4.78 is 10.8. The van der Waals surface area contributed by atoms with Crippen molar-refractivity contribution < 1.29 is 14.4 Å². The van der Waals surface area contributed by atoms with Crippen molar-refractivity contribution in [1.29, 1.82) is 0 Å². The van der Waals surface area contributed by atoms with E-state index in [1.54, 1.807) is 24.3 Å². The first-order chi connectivity index (χ1) is 12.0. The Morgan fingerprint density at radius 2 is 2.04 bits per heavy atom. The second kappa shape index (κ2) is 7.77. The fourth-order valence-corrected chi connectivity index (χ4v) is 2.09. The minimum atomic E-state index is -1.08. The normalized spacial score (nSPS) is 10.6. The molecule has 0 unspecified atom stereocenters. The number of para-hydroxylation sites is 1. The zero-order valence-electron chi connectivity index (χ0n) is 13.3. The van der Waals surface area contributed by atoms with Crippen LogP contribution in [0.4, 0.5) is 5.69 Å². The Morgan fingerprint density at radius 3 is 2.68 bits per heavy atom. The lowest BCUT2D eigenvalue weighted by atomic mass is 10.1. The summed E-state index contributed by atoms with van der Waals surface area (Å²) in [5, 5.41) is 11.0. The minimum absolute atomic E-state index is 0.225. The van der Waals surface area contributed by atoms with Crippen molar-refractivity contribution in [1.82, 2.24) is 9.97 Å². The van der Waals surface area contributed by atoms with Gasteiger partial charge >= 0.3 is 16.9 Å². The average Bonchev–Trinajstić information content (AvgIpc) is 2.57. The molecule has 9 nitrogen and oxygen atoms in total. The molecule has 25 heavy (non-hydrogen) atoms. The minimum Gasteiger partial charge on any atom is -0.493 e. The predicted molar refractivity (Wildman–Crippen MR) is 92.0 cm³/mol. The van der Waals surface area contributed by atoms with Crippen LogP contribution in [0.25, 0.3) is 12.2 Å². The molecular formula is C16H15N3O6. The first-order valence-corrected chi connectivity index (χ1v) is 7.07. The Hall–Kier alpha value is -3.62. The summed E-state index contributed by atoms with van der Waals surface area (Å²) in [5.74, 6) is 0.855. The van der Waals surface area contributed by atoms with Gasteiger partial charge in [0.15, 0.2) is 11.5 Å². The van der Waals surface area contributed by atoms with E-state index in [9.17, 15) is 19.7 Å². The van der Waals surface area contributed by atoms with E-state index in [1.807, 2.05) is 4.98 Å². The monoisotopic (exact) mass is 345 g/mol. The van der Waals surface area contributed by atoms with E-state index in [2.05, 4.69) is 11.6 Å². The smallest absolute Gasteiger partial charge is 0.357 e. The van der Waals surface area contributed by atoms with Crippen LogP contribution in [0, 0.1) is 10.1 Å². The molecule has 9 heteroatoms. The molecule has 1 aromatic carbocycles. The van der Waals surface area contributed by atoms with Gasteiger partial charge in [0.2, 0.25) is 0 Å². The van der Waals surface area contributed by atoms with E-state index < -0.39 is 21.9 Å². The van der Waals surface area contributed by atoms with E-state index in [-0.39, 0.29) is 12.3 Å². The van der Waals surface area contributed by atoms with Gasteiger partial charge in [-0.05, 0) is 18.2 Å². The van der Waals surface area contributed by atoms with Crippen molar-refractivity contribution in [2.75, 3.05) is 13.7 Å².